The molecule has 0 fully saturated rings. The molecule has 3 rings (SSSR count). The van der Waals surface area contributed by atoms with Crippen molar-refractivity contribution >= 4 is 22.6 Å². The maximum atomic E-state index is 6.20. The molecule has 3 heteroatoms. The second-order valence-corrected chi connectivity index (χ2v) is 4.49. The van der Waals surface area contributed by atoms with Crippen molar-refractivity contribution < 1.29 is 0 Å². The highest BCUT2D eigenvalue weighted by atomic mass is 35.5. The lowest BCUT2D eigenvalue weighted by Gasteiger charge is -2.07. The van der Waals surface area contributed by atoms with Gasteiger partial charge in [-0.25, -0.2) is 4.98 Å². The molecule has 3 aromatic rings. The Kier molecular flexibility index (Phi) is 2.80. The number of halogens is 1. The average molecular weight is 256 g/mol. The van der Waals surface area contributed by atoms with Gasteiger partial charge >= 0.3 is 0 Å². The molecule has 0 saturated carbocycles. The normalized spacial score (nSPS) is 11.0. The van der Waals surface area contributed by atoms with E-state index in [-0.39, 0.29) is 0 Å². The molecule has 2 nitrogen and oxygen atoms in total. The minimum Gasteiger partial charge on any atom is -0.296 e. The fraction of sp³-hybridized carbons (Fsp3) is 0.133. The van der Waals surface area contributed by atoms with Crippen molar-refractivity contribution in [2.45, 2.75) is 13.3 Å². The van der Waals surface area contributed by atoms with Gasteiger partial charge in [-0.3, -0.25) is 4.57 Å². The summed E-state index contributed by atoms with van der Waals surface area (Å²) in [4.78, 5) is 4.62. The summed E-state index contributed by atoms with van der Waals surface area (Å²) in [5, 5.41) is 0.695. The average Bonchev–Trinajstić information content (AvgIpc) is 2.80. The molecule has 0 N–H and O–H groups in total. The van der Waals surface area contributed by atoms with Gasteiger partial charge in [-0.05, 0) is 30.3 Å². The smallest absolute Gasteiger partial charge is 0.114 e. The van der Waals surface area contributed by atoms with E-state index in [2.05, 4.69) is 28.6 Å². The highest BCUT2D eigenvalue weighted by Crippen LogP contribution is 2.26. The number of rotatable bonds is 2. The number of para-hydroxylation sites is 1. The van der Waals surface area contributed by atoms with Gasteiger partial charge in [-0.1, -0.05) is 36.7 Å². The van der Waals surface area contributed by atoms with E-state index in [1.54, 1.807) is 0 Å². The lowest BCUT2D eigenvalue weighted by atomic mass is 10.2. The first-order chi connectivity index (χ1) is 8.81. The van der Waals surface area contributed by atoms with E-state index >= 15 is 0 Å². The van der Waals surface area contributed by atoms with Crippen LogP contribution in [0.5, 0.6) is 0 Å². The number of imidazole rings is 1. The monoisotopic (exact) mass is 255 g/mol. The number of hydrogen-bond donors (Lipinski definition) is 0. The highest BCUT2D eigenvalue weighted by Gasteiger charge is 2.12. The van der Waals surface area contributed by atoms with E-state index in [9.17, 15) is 0 Å². The lowest BCUT2D eigenvalue weighted by Crippen LogP contribution is -1.99. The molecule has 0 aliphatic heterocycles. The van der Waals surface area contributed by atoms with Gasteiger partial charge in [0.2, 0.25) is 0 Å². The molecule has 1 aromatic heterocycles. The minimum atomic E-state index is 0.695. The zero-order valence-corrected chi connectivity index (χ0v) is 10.8. The molecule has 1 radical (unpaired) electrons. The van der Waals surface area contributed by atoms with Gasteiger partial charge in [0, 0.05) is 12.1 Å². The Morgan fingerprint density at radius 1 is 1.28 bits per heavy atom. The molecule has 0 bridgehead atoms. The number of benzene rings is 2. The Balaban J connectivity index is 2.37. The van der Waals surface area contributed by atoms with Crippen molar-refractivity contribution in [3.05, 3.63) is 59.4 Å². The molecule has 1 heterocycles. The number of aryl methyl sites for hydroxylation is 1. The van der Waals surface area contributed by atoms with Crippen molar-refractivity contribution in [2.24, 2.45) is 0 Å². The van der Waals surface area contributed by atoms with Gasteiger partial charge < -0.3 is 0 Å². The van der Waals surface area contributed by atoms with E-state index in [0.29, 0.717) is 5.02 Å². The topological polar surface area (TPSA) is 17.8 Å². The minimum absolute atomic E-state index is 0.695. The predicted molar refractivity (Wildman–Crippen MR) is 74.3 cm³/mol. The van der Waals surface area contributed by atoms with E-state index in [4.69, 9.17) is 11.6 Å². The van der Waals surface area contributed by atoms with E-state index in [1.807, 2.05) is 36.4 Å². The fourth-order valence-electron chi connectivity index (χ4n) is 2.16. The van der Waals surface area contributed by atoms with Gasteiger partial charge in [-0.15, -0.1) is 0 Å². The molecule has 2 aromatic carbocycles. The molecule has 0 amide bonds. The van der Waals surface area contributed by atoms with Crippen LogP contribution in [0.25, 0.3) is 16.7 Å². The fourth-order valence-corrected chi connectivity index (χ4v) is 2.37. The summed E-state index contributed by atoms with van der Waals surface area (Å²) in [7, 11) is 0. The Hall–Kier alpha value is -1.80. The number of hydrogen-bond acceptors (Lipinski definition) is 1. The quantitative estimate of drug-likeness (QED) is 0.676. The van der Waals surface area contributed by atoms with Crippen molar-refractivity contribution in [3.63, 3.8) is 0 Å². The second-order valence-electron chi connectivity index (χ2n) is 4.09. The van der Waals surface area contributed by atoms with Crippen molar-refractivity contribution in [3.8, 4) is 5.69 Å². The molecule has 0 unspecified atom stereocenters. The molecular weight excluding hydrogens is 244 g/mol. The summed E-state index contributed by atoms with van der Waals surface area (Å²) >= 11 is 6.20. The molecule has 0 atom stereocenters. The van der Waals surface area contributed by atoms with Crippen molar-refractivity contribution in [2.75, 3.05) is 0 Å². The Morgan fingerprint density at radius 3 is 2.89 bits per heavy atom. The third kappa shape index (κ3) is 1.70. The second kappa shape index (κ2) is 4.46. The Bertz CT molecular complexity index is 686. The lowest BCUT2D eigenvalue weighted by molar-refractivity contribution is 0.908. The third-order valence-corrected chi connectivity index (χ3v) is 3.28. The van der Waals surface area contributed by atoms with Crippen LogP contribution in [0.2, 0.25) is 5.02 Å². The van der Waals surface area contributed by atoms with Crippen LogP contribution in [0.1, 0.15) is 12.7 Å². The zero-order valence-electron chi connectivity index (χ0n) is 10.0. The van der Waals surface area contributed by atoms with Gasteiger partial charge in [0.15, 0.2) is 0 Å². The van der Waals surface area contributed by atoms with Crippen LogP contribution < -0.4 is 0 Å². The predicted octanol–water partition coefficient (Wildman–Crippen LogP) is 4.04. The summed E-state index contributed by atoms with van der Waals surface area (Å²) in [6, 6.07) is 16.8. The van der Waals surface area contributed by atoms with Crippen LogP contribution in [0.3, 0.4) is 0 Å². The van der Waals surface area contributed by atoms with Crippen LogP contribution in [0.4, 0.5) is 0 Å². The first-order valence-electron chi connectivity index (χ1n) is 5.93. The summed E-state index contributed by atoms with van der Waals surface area (Å²) in [6.45, 7) is 2.10. The van der Waals surface area contributed by atoms with Crippen molar-refractivity contribution in [1.82, 2.24) is 9.55 Å². The summed E-state index contributed by atoms with van der Waals surface area (Å²) in [5.74, 6) is 1.01. The molecule has 0 saturated heterocycles. The van der Waals surface area contributed by atoms with Gasteiger partial charge in [0.1, 0.15) is 11.3 Å². The van der Waals surface area contributed by atoms with Crippen LogP contribution >= 0.6 is 11.6 Å². The first kappa shape index (κ1) is 11.3. The van der Waals surface area contributed by atoms with Crippen LogP contribution in [-0.2, 0) is 6.42 Å². The summed E-state index contributed by atoms with van der Waals surface area (Å²) in [5.41, 5.74) is 2.97. The SMILES string of the molecule is CCc1nc2c(Cl)cccc2n1-c1c[c]ccc1. The summed E-state index contributed by atoms with van der Waals surface area (Å²) in [6.07, 6.45) is 0.861. The molecule has 0 aliphatic rings. The van der Waals surface area contributed by atoms with Gasteiger partial charge in [-0.2, -0.15) is 0 Å². The largest absolute Gasteiger partial charge is 0.296 e. The van der Waals surface area contributed by atoms with Gasteiger partial charge in [0.25, 0.3) is 0 Å². The number of aromatic nitrogens is 2. The molecular formula is C15H12ClN2. The van der Waals surface area contributed by atoms with Crippen LogP contribution in [0, 0.1) is 6.07 Å². The Labute approximate surface area is 111 Å². The van der Waals surface area contributed by atoms with Crippen LogP contribution in [-0.4, -0.2) is 9.55 Å². The zero-order chi connectivity index (χ0) is 12.5. The molecule has 89 valence electrons. The number of fused-ring (bicyclic) bond motifs is 1. The third-order valence-electron chi connectivity index (χ3n) is 2.97. The molecule has 0 spiro atoms. The number of nitrogens with zero attached hydrogens (tertiary/aromatic N) is 2. The van der Waals surface area contributed by atoms with E-state index in [1.165, 1.54) is 0 Å². The first-order valence-corrected chi connectivity index (χ1v) is 6.31. The summed E-state index contributed by atoms with van der Waals surface area (Å²) < 4.78 is 2.14. The Morgan fingerprint density at radius 2 is 2.17 bits per heavy atom. The van der Waals surface area contributed by atoms with Crippen molar-refractivity contribution in [1.29, 1.82) is 0 Å². The van der Waals surface area contributed by atoms with Crippen LogP contribution in [0.15, 0.2) is 42.5 Å². The van der Waals surface area contributed by atoms with E-state index in [0.717, 1.165) is 29.0 Å². The highest BCUT2D eigenvalue weighted by molar-refractivity contribution is 6.34. The standard InChI is InChI=1S/C15H12ClN2/c1-2-14-17-15-12(16)9-6-10-13(15)18(14)11-7-4-3-5-8-11/h3-4,6-10H,2H2,1H3. The maximum absolute atomic E-state index is 6.20. The molecule has 0 aliphatic carbocycles. The van der Waals surface area contributed by atoms with E-state index < -0.39 is 0 Å². The molecule has 18 heavy (non-hydrogen) atoms. The maximum Gasteiger partial charge on any atom is 0.114 e. The van der Waals surface area contributed by atoms with Gasteiger partial charge in [0.05, 0.1) is 10.5 Å².